The molecule has 0 saturated carbocycles. The van der Waals surface area contributed by atoms with Crippen molar-refractivity contribution >= 4 is 0 Å². The van der Waals surface area contributed by atoms with Crippen LogP contribution in [0.5, 0.6) is 0 Å². The summed E-state index contributed by atoms with van der Waals surface area (Å²) >= 11 is 0. The van der Waals surface area contributed by atoms with Crippen LogP contribution in [-0.4, -0.2) is 60.9 Å². The van der Waals surface area contributed by atoms with Crippen molar-refractivity contribution in [3.8, 4) is 0 Å². The van der Waals surface area contributed by atoms with Crippen LogP contribution in [-0.2, 0) is 41.7 Å². The second-order valence-corrected chi connectivity index (χ2v) is 9.89. The summed E-state index contributed by atoms with van der Waals surface area (Å²) in [5.41, 5.74) is 4.44. The molecule has 2 aromatic rings. The zero-order chi connectivity index (χ0) is 25.5. The maximum Gasteiger partial charge on any atom is 0.160 e. The smallest absolute Gasteiger partial charge is 0.160 e. The summed E-state index contributed by atoms with van der Waals surface area (Å²) in [6.07, 6.45) is -2.17. The van der Waals surface area contributed by atoms with E-state index in [0.717, 1.165) is 11.1 Å². The quantitative estimate of drug-likeness (QED) is 0.477. The molecule has 8 atom stereocenters. The summed E-state index contributed by atoms with van der Waals surface area (Å²) in [6.45, 7) is 6.55. The lowest BCUT2D eigenvalue weighted by molar-refractivity contribution is -0.317. The molecule has 198 valence electrons. The standard InChI is InChI=1S/C28H39NO7/c1-19-26(23(15-24(31-4)34-19)32-17-21-11-7-5-8-12-21)36-25-16-28(3,27(30)20(2)35-25)29-33-18-22-13-9-6-10-14-22/h5-14,19-20,23-27,29-30H,15-18H2,1-4H3/t19-,20-,23-,24+,25+,26+,27-,28+/m0/s1. The van der Waals surface area contributed by atoms with Gasteiger partial charge in [0.15, 0.2) is 12.6 Å². The van der Waals surface area contributed by atoms with E-state index in [9.17, 15) is 5.11 Å². The van der Waals surface area contributed by atoms with Crippen LogP contribution in [0.25, 0.3) is 0 Å². The molecule has 0 spiro atoms. The van der Waals surface area contributed by atoms with E-state index >= 15 is 0 Å². The Balaban J connectivity index is 1.40. The van der Waals surface area contributed by atoms with Crippen LogP contribution in [0, 0.1) is 0 Å². The molecule has 2 aliphatic heterocycles. The van der Waals surface area contributed by atoms with Gasteiger partial charge in [-0.25, -0.2) is 0 Å². The van der Waals surface area contributed by atoms with Gasteiger partial charge in [-0.05, 0) is 31.9 Å². The predicted octanol–water partition coefficient (Wildman–Crippen LogP) is 3.71. The molecule has 2 fully saturated rings. The minimum atomic E-state index is -0.781. The first-order chi connectivity index (χ1) is 17.4. The van der Waals surface area contributed by atoms with Crippen molar-refractivity contribution < 1.29 is 33.6 Å². The summed E-state index contributed by atoms with van der Waals surface area (Å²) in [5, 5.41) is 10.9. The van der Waals surface area contributed by atoms with Crippen LogP contribution >= 0.6 is 0 Å². The van der Waals surface area contributed by atoms with Gasteiger partial charge >= 0.3 is 0 Å². The van der Waals surface area contributed by atoms with Crippen molar-refractivity contribution in [1.29, 1.82) is 0 Å². The Bertz CT molecular complexity index is 917. The van der Waals surface area contributed by atoms with Crippen LogP contribution in [0.2, 0.25) is 0 Å². The molecule has 8 heteroatoms. The molecular weight excluding hydrogens is 462 g/mol. The topological polar surface area (TPSA) is 87.6 Å². The first-order valence-electron chi connectivity index (χ1n) is 12.6. The third-order valence-electron chi connectivity index (χ3n) is 6.94. The lowest BCUT2D eigenvalue weighted by Crippen LogP contribution is -2.63. The summed E-state index contributed by atoms with van der Waals surface area (Å²) in [4.78, 5) is 5.79. The van der Waals surface area contributed by atoms with Crippen molar-refractivity contribution in [1.82, 2.24) is 5.48 Å². The fraction of sp³-hybridized carbons (Fsp3) is 0.571. The number of rotatable bonds is 10. The van der Waals surface area contributed by atoms with E-state index in [1.165, 1.54) is 0 Å². The molecular formula is C28H39NO7. The van der Waals surface area contributed by atoms with Gasteiger partial charge in [0.2, 0.25) is 0 Å². The molecule has 0 aromatic heterocycles. The summed E-state index contributed by atoms with van der Waals surface area (Å²) in [7, 11) is 1.63. The number of aliphatic hydroxyl groups excluding tert-OH is 1. The molecule has 2 N–H and O–H groups in total. The van der Waals surface area contributed by atoms with E-state index in [4.69, 9.17) is 28.5 Å². The zero-order valence-electron chi connectivity index (χ0n) is 21.5. The van der Waals surface area contributed by atoms with Crippen molar-refractivity contribution in [3.63, 3.8) is 0 Å². The maximum absolute atomic E-state index is 10.9. The average Bonchev–Trinajstić information content (AvgIpc) is 2.88. The molecule has 0 amide bonds. The van der Waals surface area contributed by atoms with Crippen LogP contribution < -0.4 is 5.48 Å². The Morgan fingerprint density at radius 3 is 2.17 bits per heavy atom. The van der Waals surface area contributed by atoms with Crippen LogP contribution in [0.15, 0.2) is 60.7 Å². The van der Waals surface area contributed by atoms with Gasteiger partial charge in [-0.2, -0.15) is 5.48 Å². The van der Waals surface area contributed by atoms with Crippen LogP contribution in [0.1, 0.15) is 44.7 Å². The zero-order valence-corrected chi connectivity index (χ0v) is 21.5. The highest BCUT2D eigenvalue weighted by Gasteiger charge is 2.48. The van der Waals surface area contributed by atoms with Gasteiger partial charge in [0.05, 0.1) is 37.1 Å². The fourth-order valence-electron chi connectivity index (χ4n) is 4.85. The molecule has 36 heavy (non-hydrogen) atoms. The highest BCUT2D eigenvalue weighted by atomic mass is 16.7. The van der Waals surface area contributed by atoms with Crippen LogP contribution in [0.3, 0.4) is 0 Å². The highest BCUT2D eigenvalue weighted by molar-refractivity contribution is 5.14. The Kier molecular flexibility index (Phi) is 9.49. The Labute approximate surface area is 213 Å². The second-order valence-electron chi connectivity index (χ2n) is 9.89. The molecule has 2 saturated heterocycles. The van der Waals surface area contributed by atoms with Gasteiger partial charge in [0, 0.05) is 20.0 Å². The number of hydroxylamine groups is 1. The monoisotopic (exact) mass is 501 g/mol. The molecule has 0 unspecified atom stereocenters. The maximum atomic E-state index is 10.9. The number of hydrogen-bond donors (Lipinski definition) is 2. The first-order valence-corrected chi connectivity index (χ1v) is 12.6. The molecule has 8 nitrogen and oxygen atoms in total. The van der Waals surface area contributed by atoms with Crippen LogP contribution in [0.4, 0.5) is 0 Å². The molecule has 0 radical (unpaired) electrons. The third-order valence-corrected chi connectivity index (χ3v) is 6.94. The molecule has 0 aliphatic carbocycles. The first kappa shape index (κ1) is 27.2. The lowest BCUT2D eigenvalue weighted by atomic mass is 9.86. The molecule has 2 aromatic carbocycles. The summed E-state index contributed by atoms with van der Waals surface area (Å²) < 4.78 is 30.3. The predicted molar refractivity (Wildman–Crippen MR) is 134 cm³/mol. The van der Waals surface area contributed by atoms with Gasteiger partial charge in [0.1, 0.15) is 12.2 Å². The fourth-order valence-corrected chi connectivity index (χ4v) is 4.85. The minimum absolute atomic E-state index is 0.252. The van der Waals surface area contributed by atoms with E-state index < -0.39 is 24.0 Å². The van der Waals surface area contributed by atoms with Crippen molar-refractivity contribution in [3.05, 3.63) is 71.8 Å². The Morgan fingerprint density at radius 2 is 1.53 bits per heavy atom. The van der Waals surface area contributed by atoms with Crippen molar-refractivity contribution in [2.45, 2.75) is 95.5 Å². The van der Waals surface area contributed by atoms with E-state index in [-0.39, 0.29) is 24.6 Å². The lowest BCUT2D eigenvalue weighted by Gasteiger charge is -2.47. The van der Waals surface area contributed by atoms with Gasteiger partial charge in [-0.15, -0.1) is 0 Å². The highest BCUT2D eigenvalue weighted by Crippen LogP contribution is 2.34. The molecule has 4 rings (SSSR count). The van der Waals surface area contributed by atoms with Gasteiger partial charge in [-0.1, -0.05) is 60.7 Å². The Morgan fingerprint density at radius 1 is 0.917 bits per heavy atom. The number of nitrogens with one attached hydrogen (secondary N) is 1. The van der Waals surface area contributed by atoms with E-state index in [1.54, 1.807) is 7.11 Å². The summed E-state index contributed by atoms with van der Waals surface area (Å²) in [5.74, 6) is 0. The SMILES string of the molecule is CO[C@H]1C[C@H](OCc2ccccc2)[C@H](O[C@@H]2C[C@@](C)(NOCc3ccccc3)[C@@H](O)[C@H](C)O2)[C@H](C)O1. The van der Waals surface area contributed by atoms with E-state index in [0.29, 0.717) is 26.1 Å². The van der Waals surface area contributed by atoms with Gasteiger partial charge in [-0.3, -0.25) is 4.84 Å². The number of ether oxygens (including phenoxy) is 5. The number of aliphatic hydroxyl groups is 1. The van der Waals surface area contributed by atoms with Gasteiger partial charge in [0.25, 0.3) is 0 Å². The van der Waals surface area contributed by atoms with Gasteiger partial charge < -0.3 is 28.8 Å². The number of benzene rings is 2. The minimum Gasteiger partial charge on any atom is -0.388 e. The van der Waals surface area contributed by atoms with Crippen molar-refractivity contribution in [2.24, 2.45) is 0 Å². The number of methoxy groups -OCH3 is 1. The number of hydrogen-bond acceptors (Lipinski definition) is 8. The normalized spacial score (nSPS) is 35.0. The largest absolute Gasteiger partial charge is 0.388 e. The molecule has 2 heterocycles. The molecule has 0 bridgehead atoms. The Hall–Kier alpha value is -1.88. The van der Waals surface area contributed by atoms with E-state index in [1.807, 2.05) is 81.4 Å². The average molecular weight is 502 g/mol. The molecule has 2 aliphatic rings. The second kappa shape index (κ2) is 12.6. The van der Waals surface area contributed by atoms with Crippen molar-refractivity contribution in [2.75, 3.05) is 7.11 Å². The summed E-state index contributed by atoms with van der Waals surface area (Å²) in [6, 6.07) is 19.9. The third kappa shape index (κ3) is 6.90. The van der Waals surface area contributed by atoms with E-state index in [2.05, 4.69) is 5.48 Å².